The van der Waals surface area contributed by atoms with Crippen LogP contribution in [0, 0.1) is 10.1 Å². The summed E-state index contributed by atoms with van der Waals surface area (Å²) in [5.41, 5.74) is 2.32. The van der Waals surface area contributed by atoms with Gasteiger partial charge in [-0.2, -0.15) is 33.2 Å². The highest BCUT2D eigenvalue weighted by atomic mass is 35.5. The number of hydrogen-bond acceptors (Lipinski definition) is 11. The normalized spacial score (nSPS) is 13.9. The summed E-state index contributed by atoms with van der Waals surface area (Å²) in [6.07, 6.45) is -3.16. The van der Waals surface area contributed by atoms with Crippen molar-refractivity contribution >= 4 is 47.0 Å². The minimum atomic E-state index is -4.51. The number of nitro groups is 1. The van der Waals surface area contributed by atoms with Crippen molar-refractivity contribution in [1.82, 2.24) is 15.0 Å². The Kier molecular flexibility index (Phi) is 7.98. The number of hydrogen-bond donors (Lipinski definition) is 2. The number of alkyl halides is 3. The van der Waals surface area contributed by atoms with Crippen LogP contribution in [0.3, 0.4) is 0 Å². The molecule has 0 radical (unpaired) electrons. The molecular weight excluding hydrogens is 569 g/mol. The fourth-order valence-corrected chi connectivity index (χ4v) is 4.08. The number of anilines is 4. The third-order valence-corrected chi connectivity index (χ3v) is 6.09. The van der Waals surface area contributed by atoms with Gasteiger partial charge in [0.05, 0.1) is 34.9 Å². The molecular formula is C25H20ClF3N8O4. The van der Waals surface area contributed by atoms with Crippen molar-refractivity contribution in [3.63, 3.8) is 0 Å². The largest absolute Gasteiger partial charge is 0.455 e. The molecule has 1 saturated heterocycles. The fourth-order valence-electron chi connectivity index (χ4n) is 3.82. The van der Waals surface area contributed by atoms with Crippen LogP contribution < -0.4 is 15.6 Å². The number of morpholine rings is 1. The van der Waals surface area contributed by atoms with Crippen LogP contribution in [0.15, 0.2) is 64.1 Å². The van der Waals surface area contributed by atoms with Gasteiger partial charge in [0.2, 0.25) is 17.8 Å². The topological polar surface area (TPSA) is 144 Å². The number of hydrazone groups is 1. The maximum Gasteiger partial charge on any atom is 0.416 e. The molecule has 0 saturated carbocycles. The minimum Gasteiger partial charge on any atom is -0.455 e. The fraction of sp³-hybridized carbons (Fsp3) is 0.200. The van der Waals surface area contributed by atoms with E-state index in [9.17, 15) is 23.3 Å². The minimum absolute atomic E-state index is 0.00612. The zero-order valence-electron chi connectivity index (χ0n) is 20.9. The molecule has 1 aliphatic heterocycles. The Balaban J connectivity index is 1.35. The van der Waals surface area contributed by atoms with Gasteiger partial charge < -0.3 is 19.4 Å². The molecule has 0 bridgehead atoms. The molecule has 0 spiro atoms. The quantitative estimate of drug-likeness (QED) is 0.148. The number of rotatable bonds is 8. The molecule has 5 rings (SSSR count). The molecule has 0 aliphatic carbocycles. The van der Waals surface area contributed by atoms with E-state index in [4.69, 9.17) is 20.8 Å². The third kappa shape index (κ3) is 6.88. The van der Waals surface area contributed by atoms with E-state index in [-0.39, 0.29) is 34.2 Å². The van der Waals surface area contributed by atoms with E-state index in [1.54, 1.807) is 12.1 Å². The first-order valence-electron chi connectivity index (χ1n) is 12.0. The SMILES string of the molecule is O=[N+]([O-])c1ccc(-c2ccc(/C=N/Nc3nc(Nc4cccc(C(F)(F)F)c4)nc(N4CCOCC4)n3)o2)c(Cl)c1. The van der Waals surface area contributed by atoms with E-state index in [0.717, 1.165) is 12.1 Å². The molecule has 0 unspecified atom stereocenters. The van der Waals surface area contributed by atoms with Crippen LogP contribution in [0.4, 0.5) is 42.4 Å². The average Bonchev–Trinajstić information content (AvgIpc) is 3.41. The molecule has 0 atom stereocenters. The molecule has 1 fully saturated rings. The first-order chi connectivity index (χ1) is 19.7. The summed E-state index contributed by atoms with van der Waals surface area (Å²) >= 11 is 6.18. The number of nitro benzene ring substituents is 1. The lowest BCUT2D eigenvalue weighted by Gasteiger charge is -2.27. The molecule has 41 heavy (non-hydrogen) atoms. The summed E-state index contributed by atoms with van der Waals surface area (Å²) in [5, 5.41) is 18.0. The molecule has 12 nitrogen and oxygen atoms in total. The number of benzene rings is 2. The van der Waals surface area contributed by atoms with Crippen molar-refractivity contribution in [2.75, 3.05) is 41.9 Å². The van der Waals surface area contributed by atoms with Gasteiger partial charge in [0.15, 0.2) is 0 Å². The summed E-state index contributed by atoms with van der Waals surface area (Å²) in [6, 6.07) is 11.9. The number of nitrogens with zero attached hydrogens (tertiary/aromatic N) is 6. The molecule has 2 N–H and O–H groups in total. The summed E-state index contributed by atoms with van der Waals surface area (Å²) in [6.45, 7) is 1.94. The number of non-ortho nitro benzene ring substituents is 1. The van der Waals surface area contributed by atoms with Crippen LogP contribution in [0.5, 0.6) is 0 Å². The highest BCUT2D eigenvalue weighted by Gasteiger charge is 2.30. The molecule has 1 aliphatic rings. The van der Waals surface area contributed by atoms with E-state index < -0.39 is 16.7 Å². The lowest BCUT2D eigenvalue weighted by atomic mass is 10.1. The van der Waals surface area contributed by atoms with E-state index in [1.807, 2.05) is 4.90 Å². The van der Waals surface area contributed by atoms with E-state index in [2.05, 4.69) is 30.8 Å². The van der Waals surface area contributed by atoms with Gasteiger partial charge in [-0.15, -0.1) is 0 Å². The molecule has 2 aromatic heterocycles. The van der Waals surface area contributed by atoms with Gasteiger partial charge in [0.25, 0.3) is 5.69 Å². The standard InChI is InChI=1S/C25H20ClF3N8O4/c26-20-13-17(37(38)39)4-6-19(20)21-7-5-18(41-21)14-30-35-23-32-22(33-24(34-23)36-8-10-40-11-9-36)31-16-3-1-2-15(12-16)25(27,28)29/h1-7,12-14H,8-11H2,(H2,31,32,33,34,35)/b30-14+. The zero-order valence-corrected chi connectivity index (χ0v) is 21.7. The van der Waals surface area contributed by atoms with Gasteiger partial charge in [0, 0.05) is 36.5 Å². The molecule has 16 heteroatoms. The number of ether oxygens (including phenoxy) is 1. The van der Waals surface area contributed by atoms with Gasteiger partial charge in [-0.1, -0.05) is 17.7 Å². The molecule has 4 aromatic rings. The zero-order chi connectivity index (χ0) is 29.0. The maximum absolute atomic E-state index is 13.2. The van der Waals surface area contributed by atoms with Crippen molar-refractivity contribution in [1.29, 1.82) is 0 Å². The van der Waals surface area contributed by atoms with Crippen LogP contribution in [0.2, 0.25) is 5.02 Å². The predicted octanol–water partition coefficient (Wildman–Crippen LogP) is 5.74. The second-order valence-electron chi connectivity index (χ2n) is 8.58. The summed E-state index contributed by atoms with van der Waals surface area (Å²) in [5.74, 6) is 1.01. The predicted molar refractivity (Wildman–Crippen MR) is 145 cm³/mol. The second-order valence-corrected chi connectivity index (χ2v) is 8.99. The van der Waals surface area contributed by atoms with Crippen molar-refractivity contribution in [3.8, 4) is 11.3 Å². The number of furan rings is 1. The van der Waals surface area contributed by atoms with Gasteiger partial charge in [-0.05, 0) is 36.4 Å². The first kappa shape index (κ1) is 27.8. The number of nitrogens with one attached hydrogen (secondary N) is 2. The van der Waals surface area contributed by atoms with Crippen molar-refractivity contribution in [2.45, 2.75) is 6.18 Å². The Morgan fingerprint density at radius 3 is 2.56 bits per heavy atom. The number of aromatic nitrogens is 3. The van der Waals surface area contributed by atoms with Gasteiger partial charge in [-0.25, -0.2) is 5.43 Å². The number of halogens is 4. The Morgan fingerprint density at radius 2 is 1.83 bits per heavy atom. The van der Waals surface area contributed by atoms with E-state index in [1.165, 1.54) is 36.5 Å². The second kappa shape index (κ2) is 11.8. The Labute approximate surface area is 235 Å². The van der Waals surface area contributed by atoms with Gasteiger partial charge in [-0.3, -0.25) is 10.1 Å². The summed E-state index contributed by atoms with van der Waals surface area (Å²) in [7, 11) is 0. The Morgan fingerprint density at radius 1 is 1.05 bits per heavy atom. The molecule has 0 amide bonds. The monoisotopic (exact) mass is 588 g/mol. The average molecular weight is 589 g/mol. The van der Waals surface area contributed by atoms with E-state index >= 15 is 0 Å². The van der Waals surface area contributed by atoms with Gasteiger partial charge in [0.1, 0.15) is 11.5 Å². The van der Waals surface area contributed by atoms with Crippen molar-refractivity contribution in [2.24, 2.45) is 5.10 Å². The van der Waals surface area contributed by atoms with Gasteiger partial charge >= 0.3 is 6.18 Å². The van der Waals surface area contributed by atoms with E-state index in [0.29, 0.717) is 43.4 Å². The maximum atomic E-state index is 13.2. The smallest absolute Gasteiger partial charge is 0.416 e. The molecule has 2 aromatic carbocycles. The summed E-state index contributed by atoms with van der Waals surface area (Å²) < 4.78 is 50.6. The Bertz CT molecular complexity index is 1590. The highest BCUT2D eigenvalue weighted by Crippen LogP contribution is 2.33. The Hall–Kier alpha value is -4.76. The van der Waals surface area contributed by atoms with Crippen LogP contribution in [-0.4, -0.2) is 52.4 Å². The first-order valence-corrected chi connectivity index (χ1v) is 12.4. The lowest BCUT2D eigenvalue weighted by Crippen LogP contribution is -2.37. The highest BCUT2D eigenvalue weighted by molar-refractivity contribution is 6.33. The van der Waals surface area contributed by atoms with Crippen LogP contribution in [0.1, 0.15) is 11.3 Å². The summed E-state index contributed by atoms with van der Waals surface area (Å²) in [4.78, 5) is 25.2. The van der Waals surface area contributed by atoms with Crippen LogP contribution >= 0.6 is 11.6 Å². The lowest BCUT2D eigenvalue weighted by molar-refractivity contribution is -0.384. The molecule has 212 valence electrons. The van der Waals surface area contributed by atoms with Crippen LogP contribution in [-0.2, 0) is 10.9 Å². The van der Waals surface area contributed by atoms with Crippen molar-refractivity contribution < 1.29 is 27.2 Å². The molecule has 3 heterocycles. The third-order valence-electron chi connectivity index (χ3n) is 5.78. The van der Waals surface area contributed by atoms with Crippen LogP contribution in [0.25, 0.3) is 11.3 Å². The van der Waals surface area contributed by atoms with Crippen molar-refractivity contribution in [3.05, 3.63) is 81.1 Å².